The first-order valence-electron chi connectivity index (χ1n) is 6.63. The second-order valence-electron chi connectivity index (χ2n) is 5.38. The highest BCUT2D eigenvalue weighted by atomic mass is 32.2. The van der Waals surface area contributed by atoms with Crippen molar-refractivity contribution in [2.75, 3.05) is 34.7 Å². The zero-order valence-corrected chi connectivity index (χ0v) is 13.7. The third kappa shape index (κ3) is 4.90. The van der Waals surface area contributed by atoms with Crippen molar-refractivity contribution in [2.24, 2.45) is 0 Å². The lowest BCUT2D eigenvalue weighted by Crippen LogP contribution is -2.29. The molecule has 0 aliphatic rings. The van der Waals surface area contributed by atoms with Gasteiger partial charge < -0.3 is 14.6 Å². The molecule has 1 heterocycles. The summed E-state index contributed by atoms with van der Waals surface area (Å²) >= 11 is 0. The summed E-state index contributed by atoms with van der Waals surface area (Å²) in [5.74, 6) is 0.627. The van der Waals surface area contributed by atoms with Crippen molar-refractivity contribution in [3.8, 4) is 0 Å². The maximum absolute atomic E-state index is 11.9. The van der Waals surface area contributed by atoms with Gasteiger partial charge in [0.25, 0.3) is 10.0 Å². The highest BCUT2D eigenvalue weighted by Crippen LogP contribution is 2.16. The van der Waals surface area contributed by atoms with Crippen molar-refractivity contribution in [3.63, 3.8) is 0 Å². The molecule has 1 N–H and O–H groups in total. The molecule has 20 heavy (non-hydrogen) atoms. The summed E-state index contributed by atoms with van der Waals surface area (Å²) in [6, 6.07) is 3.54. The highest BCUT2D eigenvalue weighted by molar-refractivity contribution is 7.88. The Morgan fingerprint density at radius 1 is 1.25 bits per heavy atom. The monoisotopic (exact) mass is 303 g/mol. The smallest absolute Gasteiger partial charge is 0.275 e. The minimum atomic E-state index is -3.48. The van der Waals surface area contributed by atoms with Crippen molar-refractivity contribution >= 4 is 10.0 Å². The maximum atomic E-state index is 11.9. The summed E-state index contributed by atoms with van der Waals surface area (Å²) in [6.07, 6.45) is 1.02. The van der Waals surface area contributed by atoms with Crippen LogP contribution in [0.2, 0.25) is 0 Å². The predicted octanol–water partition coefficient (Wildman–Crippen LogP) is 0.960. The van der Waals surface area contributed by atoms with Gasteiger partial charge in [0.15, 0.2) is 0 Å². The predicted molar refractivity (Wildman–Crippen MR) is 79.1 cm³/mol. The molecule has 6 nitrogen and oxygen atoms in total. The first-order valence-corrected chi connectivity index (χ1v) is 8.07. The molecule has 0 aromatic carbocycles. The molecular weight excluding hydrogens is 278 g/mol. The maximum Gasteiger partial charge on any atom is 0.275 e. The Bertz CT molecular complexity index is 509. The highest BCUT2D eigenvalue weighted by Gasteiger charge is 2.21. The molecule has 0 saturated carbocycles. The number of rotatable bonds is 8. The molecule has 1 atom stereocenters. The van der Waals surface area contributed by atoms with Gasteiger partial charge in [0.1, 0.15) is 5.76 Å². The zero-order valence-electron chi connectivity index (χ0n) is 12.9. The summed E-state index contributed by atoms with van der Waals surface area (Å²) in [7, 11) is 3.57. The van der Waals surface area contributed by atoms with Gasteiger partial charge in [-0.3, -0.25) is 0 Å². The molecule has 7 heteroatoms. The second kappa shape index (κ2) is 7.21. The largest absolute Gasteiger partial charge is 0.447 e. The average molecular weight is 303 g/mol. The molecular formula is C13H25N3O3S. The normalized spacial score (nSPS) is 14.2. The standard InChI is InChI=1S/C13H25N3O3S/c1-11(8-9-15(2)3)14-10-12-6-7-13(19-12)20(17,18)16(4)5/h6-7,11,14H,8-10H2,1-5H3. The lowest BCUT2D eigenvalue weighted by atomic mass is 10.2. The fraction of sp³-hybridized carbons (Fsp3) is 0.692. The van der Waals surface area contributed by atoms with Gasteiger partial charge >= 0.3 is 0 Å². The fourth-order valence-electron chi connectivity index (χ4n) is 1.60. The lowest BCUT2D eigenvalue weighted by molar-refractivity contribution is 0.349. The van der Waals surface area contributed by atoms with E-state index < -0.39 is 10.0 Å². The molecule has 0 amide bonds. The Morgan fingerprint density at radius 2 is 1.90 bits per heavy atom. The van der Waals surface area contributed by atoms with Gasteiger partial charge in [-0.25, -0.2) is 12.7 Å². The fourth-order valence-corrected chi connectivity index (χ4v) is 2.41. The zero-order chi connectivity index (χ0) is 15.3. The van der Waals surface area contributed by atoms with E-state index in [2.05, 4.69) is 17.1 Å². The van der Waals surface area contributed by atoms with Crippen LogP contribution in [0.4, 0.5) is 0 Å². The van der Waals surface area contributed by atoms with Crippen LogP contribution in [0.1, 0.15) is 19.1 Å². The SMILES string of the molecule is CC(CCN(C)C)NCc1ccc(S(=O)(=O)N(C)C)o1. The Hall–Kier alpha value is -0.890. The van der Waals surface area contributed by atoms with Crippen molar-refractivity contribution in [2.45, 2.75) is 31.0 Å². The van der Waals surface area contributed by atoms with E-state index in [1.807, 2.05) is 14.1 Å². The minimum Gasteiger partial charge on any atom is -0.447 e. The number of furan rings is 1. The number of hydrogen-bond donors (Lipinski definition) is 1. The summed E-state index contributed by atoms with van der Waals surface area (Å²) in [4.78, 5) is 2.13. The summed E-state index contributed by atoms with van der Waals surface area (Å²) < 4.78 is 30.3. The van der Waals surface area contributed by atoms with E-state index in [-0.39, 0.29) is 5.09 Å². The van der Waals surface area contributed by atoms with Gasteiger partial charge in [0.2, 0.25) is 5.09 Å². The quantitative estimate of drug-likeness (QED) is 0.775. The Kier molecular flexibility index (Phi) is 6.19. The van der Waals surface area contributed by atoms with Crippen LogP contribution in [0.3, 0.4) is 0 Å². The van der Waals surface area contributed by atoms with Gasteiger partial charge in [0, 0.05) is 20.1 Å². The van der Waals surface area contributed by atoms with Crippen molar-refractivity contribution in [1.29, 1.82) is 0 Å². The Balaban J connectivity index is 2.53. The minimum absolute atomic E-state index is 0.0137. The van der Waals surface area contributed by atoms with Crippen molar-refractivity contribution < 1.29 is 12.8 Å². The van der Waals surface area contributed by atoms with Crippen LogP contribution in [0, 0.1) is 0 Å². The number of nitrogens with zero attached hydrogens (tertiary/aromatic N) is 2. The summed E-state index contributed by atoms with van der Waals surface area (Å²) in [6.45, 7) is 3.63. The third-order valence-electron chi connectivity index (χ3n) is 3.01. The number of nitrogens with one attached hydrogen (secondary N) is 1. The van der Waals surface area contributed by atoms with E-state index in [4.69, 9.17) is 4.42 Å². The van der Waals surface area contributed by atoms with E-state index in [0.29, 0.717) is 18.3 Å². The van der Waals surface area contributed by atoms with Crippen LogP contribution in [-0.4, -0.2) is 58.4 Å². The van der Waals surface area contributed by atoms with Gasteiger partial charge in [0.05, 0.1) is 6.54 Å². The molecule has 116 valence electrons. The molecule has 0 fully saturated rings. The molecule has 1 rings (SSSR count). The van der Waals surface area contributed by atoms with E-state index in [1.54, 1.807) is 6.07 Å². The first-order chi connectivity index (χ1) is 9.23. The Labute approximate surface area is 121 Å². The third-order valence-corrected chi connectivity index (χ3v) is 4.70. The molecule has 0 aliphatic heterocycles. The molecule has 1 aromatic rings. The molecule has 0 bridgehead atoms. The van der Waals surface area contributed by atoms with Gasteiger partial charge in [-0.05, 0) is 46.1 Å². The average Bonchev–Trinajstić information content (AvgIpc) is 2.83. The molecule has 1 aromatic heterocycles. The second-order valence-corrected chi connectivity index (χ2v) is 7.46. The van der Waals surface area contributed by atoms with E-state index >= 15 is 0 Å². The summed E-state index contributed by atoms with van der Waals surface area (Å²) in [5.41, 5.74) is 0. The van der Waals surface area contributed by atoms with Gasteiger partial charge in [-0.2, -0.15) is 0 Å². The topological polar surface area (TPSA) is 65.8 Å². The van der Waals surface area contributed by atoms with E-state index in [1.165, 1.54) is 20.2 Å². The number of hydrogen-bond acceptors (Lipinski definition) is 5. The Morgan fingerprint density at radius 3 is 2.45 bits per heavy atom. The van der Waals surface area contributed by atoms with Crippen LogP contribution in [0.15, 0.2) is 21.6 Å². The molecule has 0 spiro atoms. The van der Waals surface area contributed by atoms with Crippen molar-refractivity contribution in [3.05, 3.63) is 17.9 Å². The number of sulfonamides is 1. The molecule has 0 radical (unpaired) electrons. The molecule has 1 unspecified atom stereocenters. The molecule has 0 saturated heterocycles. The van der Waals surface area contributed by atoms with Crippen LogP contribution in [0.5, 0.6) is 0 Å². The van der Waals surface area contributed by atoms with Crippen LogP contribution < -0.4 is 5.32 Å². The van der Waals surface area contributed by atoms with Crippen LogP contribution >= 0.6 is 0 Å². The molecule has 0 aliphatic carbocycles. The van der Waals surface area contributed by atoms with Gasteiger partial charge in [-0.15, -0.1) is 0 Å². The summed E-state index contributed by atoms with van der Waals surface area (Å²) in [5, 5.41) is 3.31. The first kappa shape index (κ1) is 17.2. The van der Waals surface area contributed by atoms with Crippen LogP contribution in [0.25, 0.3) is 0 Å². The lowest BCUT2D eigenvalue weighted by Gasteiger charge is -2.16. The van der Waals surface area contributed by atoms with E-state index in [0.717, 1.165) is 17.3 Å². The van der Waals surface area contributed by atoms with E-state index in [9.17, 15) is 8.42 Å². The van der Waals surface area contributed by atoms with Gasteiger partial charge in [-0.1, -0.05) is 0 Å². The van der Waals surface area contributed by atoms with Crippen molar-refractivity contribution in [1.82, 2.24) is 14.5 Å². The van der Waals surface area contributed by atoms with Crippen LogP contribution in [-0.2, 0) is 16.6 Å².